The van der Waals surface area contributed by atoms with Gasteiger partial charge in [0, 0.05) is 19.3 Å². The van der Waals surface area contributed by atoms with Crippen molar-refractivity contribution in [2.45, 2.75) is 13.0 Å². The van der Waals surface area contributed by atoms with Crippen molar-refractivity contribution in [2.75, 3.05) is 11.9 Å². The van der Waals surface area contributed by atoms with Gasteiger partial charge in [-0.05, 0) is 35.7 Å². The molecule has 1 aliphatic rings. The number of amides is 1. The Labute approximate surface area is 167 Å². The molecule has 1 aromatic heterocycles. The van der Waals surface area contributed by atoms with Gasteiger partial charge >= 0.3 is 0 Å². The van der Waals surface area contributed by atoms with E-state index in [-0.39, 0.29) is 5.91 Å². The molecule has 1 amide bonds. The smallest absolute Gasteiger partial charge is 0.272 e. The van der Waals surface area contributed by atoms with Gasteiger partial charge in [-0.1, -0.05) is 53.5 Å². The number of nitrogens with zero attached hydrogens (tertiary/aromatic N) is 3. The zero-order valence-electron chi connectivity index (χ0n) is 14.3. The van der Waals surface area contributed by atoms with E-state index in [9.17, 15) is 4.79 Å². The minimum absolute atomic E-state index is 0.118. The van der Waals surface area contributed by atoms with Crippen LogP contribution in [0.1, 0.15) is 21.6 Å². The molecule has 0 unspecified atom stereocenters. The summed E-state index contributed by atoms with van der Waals surface area (Å²) in [6.07, 6.45) is 2.40. The number of aromatic nitrogens is 2. The lowest BCUT2D eigenvalue weighted by Crippen LogP contribution is -2.36. The Hall–Kier alpha value is -2.63. The van der Waals surface area contributed by atoms with E-state index in [0.717, 1.165) is 6.42 Å². The molecule has 2 heterocycles. The molecule has 2 aromatic carbocycles. The van der Waals surface area contributed by atoms with Crippen molar-refractivity contribution >= 4 is 40.7 Å². The van der Waals surface area contributed by atoms with Gasteiger partial charge in [0.2, 0.25) is 5.95 Å². The lowest BCUT2D eigenvalue weighted by atomic mass is 10.00. The van der Waals surface area contributed by atoms with Crippen LogP contribution < -0.4 is 5.32 Å². The molecular formula is C20H16Cl2N4O. The first-order valence-electron chi connectivity index (χ1n) is 8.52. The van der Waals surface area contributed by atoms with Crippen LogP contribution in [0.2, 0.25) is 10.0 Å². The van der Waals surface area contributed by atoms with Crippen molar-refractivity contribution in [1.29, 1.82) is 0 Å². The standard InChI is InChI=1S/C20H16Cl2N4O/c21-15-6-3-7-16(18(15)22)24-20-23-10-8-17(25-20)19(27)26-11-9-13-4-1-2-5-14(13)12-26/h1-8,10H,9,11-12H2,(H,23,24,25). The quantitative estimate of drug-likeness (QED) is 0.692. The normalized spacial score (nSPS) is 13.2. The van der Waals surface area contributed by atoms with Crippen LogP contribution in [0.3, 0.4) is 0 Å². The number of carbonyl (C=O) groups excluding carboxylic acids is 1. The van der Waals surface area contributed by atoms with Crippen molar-refractivity contribution in [3.8, 4) is 0 Å². The molecule has 5 nitrogen and oxygen atoms in total. The predicted octanol–water partition coefficient (Wildman–Crippen LogP) is 4.73. The van der Waals surface area contributed by atoms with Gasteiger partial charge in [0.25, 0.3) is 5.91 Å². The van der Waals surface area contributed by atoms with E-state index < -0.39 is 0 Å². The molecule has 4 rings (SSSR count). The molecule has 1 aliphatic heterocycles. The van der Waals surface area contributed by atoms with Gasteiger partial charge in [0.05, 0.1) is 15.7 Å². The Morgan fingerprint density at radius 3 is 2.70 bits per heavy atom. The molecule has 0 aliphatic carbocycles. The number of hydrogen-bond acceptors (Lipinski definition) is 4. The first-order chi connectivity index (χ1) is 13.1. The van der Waals surface area contributed by atoms with E-state index in [1.807, 2.05) is 12.1 Å². The SMILES string of the molecule is O=C(c1ccnc(Nc2cccc(Cl)c2Cl)n1)N1CCc2ccccc2C1. The van der Waals surface area contributed by atoms with Gasteiger partial charge in [0.1, 0.15) is 5.69 Å². The van der Waals surface area contributed by atoms with Crippen LogP contribution in [-0.2, 0) is 13.0 Å². The van der Waals surface area contributed by atoms with Crippen molar-refractivity contribution in [1.82, 2.24) is 14.9 Å². The molecule has 0 fully saturated rings. The molecule has 7 heteroatoms. The van der Waals surface area contributed by atoms with E-state index in [2.05, 4.69) is 27.4 Å². The summed E-state index contributed by atoms with van der Waals surface area (Å²) in [5.41, 5.74) is 3.39. The fraction of sp³-hybridized carbons (Fsp3) is 0.150. The van der Waals surface area contributed by atoms with Crippen LogP contribution in [0.15, 0.2) is 54.7 Å². The van der Waals surface area contributed by atoms with Crippen LogP contribution >= 0.6 is 23.2 Å². The van der Waals surface area contributed by atoms with Gasteiger partial charge in [-0.2, -0.15) is 0 Å². The summed E-state index contributed by atoms with van der Waals surface area (Å²) in [5, 5.41) is 3.83. The van der Waals surface area contributed by atoms with E-state index in [0.29, 0.717) is 40.5 Å². The molecule has 0 spiro atoms. The average Bonchev–Trinajstić information content (AvgIpc) is 2.71. The molecule has 3 aromatic rings. The number of halogens is 2. The largest absolute Gasteiger partial charge is 0.333 e. The monoisotopic (exact) mass is 398 g/mol. The Balaban J connectivity index is 1.54. The van der Waals surface area contributed by atoms with Crippen molar-refractivity contribution < 1.29 is 4.79 Å². The highest BCUT2D eigenvalue weighted by Gasteiger charge is 2.22. The first-order valence-corrected chi connectivity index (χ1v) is 9.27. The zero-order chi connectivity index (χ0) is 18.8. The summed E-state index contributed by atoms with van der Waals surface area (Å²) in [5.74, 6) is 0.176. The van der Waals surface area contributed by atoms with Gasteiger partial charge in [-0.25, -0.2) is 9.97 Å². The van der Waals surface area contributed by atoms with E-state index in [1.54, 1.807) is 35.4 Å². The van der Waals surface area contributed by atoms with E-state index in [1.165, 1.54) is 11.1 Å². The number of nitrogens with one attached hydrogen (secondary N) is 1. The third-order valence-corrected chi connectivity index (χ3v) is 5.31. The van der Waals surface area contributed by atoms with Gasteiger partial charge in [0.15, 0.2) is 0 Å². The number of carbonyl (C=O) groups is 1. The second-order valence-corrected chi connectivity index (χ2v) is 7.02. The minimum atomic E-state index is -0.118. The van der Waals surface area contributed by atoms with Crippen molar-refractivity contribution in [3.05, 3.63) is 81.6 Å². The lowest BCUT2D eigenvalue weighted by molar-refractivity contribution is 0.0728. The van der Waals surface area contributed by atoms with Crippen LogP contribution in [0, 0.1) is 0 Å². The third-order valence-electron chi connectivity index (χ3n) is 4.49. The summed E-state index contributed by atoms with van der Waals surface area (Å²) < 4.78 is 0. The van der Waals surface area contributed by atoms with E-state index in [4.69, 9.17) is 23.2 Å². The second kappa shape index (κ2) is 7.55. The molecule has 27 heavy (non-hydrogen) atoms. The maximum atomic E-state index is 12.9. The average molecular weight is 399 g/mol. The minimum Gasteiger partial charge on any atom is -0.333 e. The number of rotatable bonds is 3. The Morgan fingerprint density at radius 1 is 1.04 bits per heavy atom. The number of hydrogen-bond donors (Lipinski definition) is 1. The molecule has 0 radical (unpaired) electrons. The maximum absolute atomic E-state index is 12.9. The summed E-state index contributed by atoms with van der Waals surface area (Å²) in [6, 6.07) is 15.1. The van der Waals surface area contributed by atoms with Gasteiger partial charge in [-0.15, -0.1) is 0 Å². The highest BCUT2D eigenvalue weighted by atomic mass is 35.5. The molecule has 0 saturated heterocycles. The Bertz CT molecular complexity index is 1010. The Kier molecular flexibility index (Phi) is 4.97. The summed E-state index contributed by atoms with van der Waals surface area (Å²) in [4.78, 5) is 23.2. The van der Waals surface area contributed by atoms with Crippen LogP contribution in [0.5, 0.6) is 0 Å². The summed E-state index contributed by atoms with van der Waals surface area (Å²) in [6.45, 7) is 1.25. The summed E-state index contributed by atoms with van der Waals surface area (Å²) >= 11 is 12.2. The molecule has 0 saturated carbocycles. The molecule has 0 atom stereocenters. The molecule has 1 N–H and O–H groups in total. The Morgan fingerprint density at radius 2 is 1.85 bits per heavy atom. The van der Waals surface area contributed by atoms with Crippen molar-refractivity contribution in [2.24, 2.45) is 0 Å². The molecule has 136 valence electrons. The lowest BCUT2D eigenvalue weighted by Gasteiger charge is -2.28. The topological polar surface area (TPSA) is 58.1 Å². The van der Waals surface area contributed by atoms with Crippen molar-refractivity contribution in [3.63, 3.8) is 0 Å². The fourth-order valence-electron chi connectivity index (χ4n) is 3.09. The van der Waals surface area contributed by atoms with Gasteiger partial charge < -0.3 is 10.2 Å². The molecule has 0 bridgehead atoms. The highest BCUT2D eigenvalue weighted by molar-refractivity contribution is 6.43. The fourth-order valence-corrected chi connectivity index (χ4v) is 3.44. The number of anilines is 2. The number of fused-ring (bicyclic) bond motifs is 1. The van der Waals surface area contributed by atoms with Gasteiger partial charge in [-0.3, -0.25) is 4.79 Å². The number of benzene rings is 2. The third kappa shape index (κ3) is 3.75. The first kappa shape index (κ1) is 17.8. The summed E-state index contributed by atoms with van der Waals surface area (Å²) in [7, 11) is 0. The molecular weight excluding hydrogens is 383 g/mol. The van der Waals surface area contributed by atoms with Crippen LogP contribution in [0.25, 0.3) is 0 Å². The van der Waals surface area contributed by atoms with Crippen LogP contribution in [-0.4, -0.2) is 27.3 Å². The van der Waals surface area contributed by atoms with E-state index >= 15 is 0 Å². The zero-order valence-corrected chi connectivity index (χ0v) is 15.8. The second-order valence-electron chi connectivity index (χ2n) is 6.24. The highest BCUT2D eigenvalue weighted by Crippen LogP contribution is 2.31. The predicted molar refractivity (Wildman–Crippen MR) is 107 cm³/mol. The van der Waals surface area contributed by atoms with Crippen LogP contribution in [0.4, 0.5) is 11.6 Å². The maximum Gasteiger partial charge on any atom is 0.272 e.